The monoisotopic (exact) mass is 249 g/mol. The molecule has 2 N–H and O–H groups in total. The lowest BCUT2D eigenvalue weighted by molar-refractivity contribution is 0.414. The van der Waals surface area contributed by atoms with Crippen molar-refractivity contribution in [3.05, 3.63) is 12.4 Å². The fraction of sp³-hybridized carbons (Fsp3) is 0.692. The van der Waals surface area contributed by atoms with Gasteiger partial charge in [0.25, 0.3) is 0 Å². The van der Waals surface area contributed by atoms with Crippen LogP contribution in [0.3, 0.4) is 0 Å². The number of hydrogen-bond donors (Lipinski definition) is 2. The van der Waals surface area contributed by atoms with Gasteiger partial charge >= 0.3 is 0 Å². The largest absolute Gasteiger partial charge is 0.368 e. The van der Waals surface area contributed by atoms with E-state index in [-0.39, 0.29) is 0 Å². The van der Waals surface area contributed by atoms with Gasteiger partial charge in [-0.05, 0) is 26.3 Å². The van der Waals surface area contributed by atoms with Gasteiger partial charge in [0.15, 0.2) is 0 Å². The zero-order valence-electron chi connectivity index (χ0n) is 11.3. The predicted molar refractivity (Wildman–Crippen MR) is 75.1 cm³/mol. The first-order valence-electron chi connectivity index (χ1n) is 6.80. The molecule has 1 atom stereocenters. The maximum Gasteiger partial charge on any atom is 0.133 e. The molecule has 0 saturated carbocycles. The highest BCUT2D eigenvalue weighted by molar-refractivity contribution is 5.47. The highest BCUT2D eigenvalue weighted by Crippen LogP contribution is 2.13. The van der Waals surface area contributed by atoms with Crippen LogP contribution in [0.2, 0.25) is 0 Å². The van der Waals surface area contributed by atoms with E-state index in [2.05, 4.69) is 32.4 Å². The van der Waals surface area contributed by atoms with Crippen molar-refractivity contribution in [1.82, 2.24) is 15.3 Å². The minimum absolute atomic E-state index is 0.570. The number of piperidine rings is 1. The van der Waals surface area contributed by atoms with Crippen LogP contribution in [-0.2, 0) is 0 Å². The first kappa shape index (κ1) is 13.1. The summed E-state index contributed by atoms with van der Waals surface area (Å²) in [6.07, 6.45) is 5.50. The lowest BCUT2D eigenvalue weighted by Crippen LogP contribution is -2.39. The number of anilines is 2. The highest BCUT2D eigenvalue weighted by atomic mass is 15.2. The molecule has 0 radical (unpaired) electrons. The Bertz CT molecular complexity index is 362. The van der Waals surface area contributed by atoms with E-state index in [4.69, 9.17) is 0 Å². The van der Waals surface area contributed by atoms with E-state index in [1.54, 1.807) is 6.33 Å². The molecule has 2 heterocycles. The molecule has 18 heavy (non-hydrogen) atoms. The summed E-state index contributed by atoms with van der Waals surface area (Å²) in [5.74, 6) is 1.87. The summed E-state index contributed by atoms with van der Waals surface area (Å²) in [5, 5.41) is 6.92. The van der Waals surface area contributed by atoms with Crippen LogP contribution in [0.4, 0.5) is 11.6 Å². The Labute approximate surface area is 109 Å². The summed E-state index contributed by atoms with van der Waals surface area (Å²) < 4.78 is 0. The minimum atomic E-state index is 0.570. The fourth-order valence-corrected chi connectivity index (χ4v) is 2.14. The van der Waals surface area contributed by atoms with Gasteiger partial charge in [0, 0.05) is 32.2 Å². The smallest absolute Gasteiger partial charge is 0.133 e. The van der Waals surface area contributed by atoms with Crippen LogP contribution in [0, 0.1) is 0 Å². The SMILES string of the molecule is CCN(C)c1cc(NCC2CCCCN2)ncn1. The summed E-state index contributed by atoms with van der Waals surface area (Å²) in [7, 11) is 2.04. The van der Waals surface area contributed by atoms with Gasteiger partial charge in [-0.1, -0.05) is 6.42 Å². The lowest BCUT2D eigenvalue weighted by atomic mass is 10.1. The van der Waals surface area contributed by atoms with E-state index in [1.165, 1.54) is 19.3 Å². The second kappa shape index (κ2) is 6.54. The molecule has 1 fully saturated rings. The third-order valence-electron chi connectivity index (χ3n) is 3.46. The van der Waals surface area contributed by atoms with Gasteiger partial charge in [0.2, 0.25) is 0 Å². The van der Waals surface area contributed by atoms with Gasteiger partial charge in [-0.25, -0.2) is 9.97 Å². The molecule has 5 nitrogen and oxygen atoms in total. The Morgan fingerprint density at radius 3 is 3.06 bits per heavy atom. The average molecular weight is 249 g/mol. The molecule has 0 aliphatic carbocycles. The molecule has 0 aromatic carbocycles. The number of rotatable bonds is 5. The molecule has 0 spiro atoms. The van der Waals surface area contributed by atoms with Gasteiger partial charge in [-0.3, -0.25) is 0 Å². The van der Waals surface area contributed by atoms with Crippen LogP contribution in [0.25, 0.3) is 0 Å². The predicted octanol–water partition coefficient (Wildman–Crippen LogP) is 1.49. The molecule has 100 valence electrons. The van der Waals surface area contributed by atoms with E-state index in [9.17, 15) is 0 Å². The van der Waals surface area contributed by atoms with Crippen LogP contribution in [0.5, 0.6) is 0 Å². The van der Waals surface area contributed by atoms with Crippen LogP contribution < -0.4 is 15.5 Å². The zero-order chi connectivity index (χ0) is 12.8. The summed E-state index contributed by atoms with van der Waals surface area (Å²) in [6, 6.07) is 2.58. The number of hydrogen-bond acceptors (Lipinski definition) is 5. The molecular weight excluding hydrogens is 226 g/mol. The quantitative estimate of drug-likeness (QED) is 0.828. The minimum Gasteiger partial charge on any atom is -0.368 e. The molecule has 0 bridgehead atoms. The Morgan fingerprint density at radius 2 is 2.33 bits per heavy atom. The van der Waals surface area contributed by atoms with Gasteiger partial charge in [0.05, 0.1) is 0 Å². The number of aromatic nitrogens is 2. The first-order valence-corrected chi connectivity index (χ1v) is 6.80. The fourth-order valence-electron chi connectivity index (χ4n) is 2.14. The van der Waals surface area contributed by atoms with Crippen LogP contribution in [-0.4, -0.2) is 42.7 Å². The van der Waals surface area contributed by atoms with Crippen molar-refractivity contribution in [2.75, 3.05) is 36.9 Å². The van der Waals surface area contributed by atoms with E-state index in [1.807, 2.05) is 13.1 Å². The van der Waals surface area contributed by atoms with Crippen molar-refractivity contribution in [2.24, 2.45) is 0 Å². The normalized spacial score (nSPS) is 19.6. The van der Waals surface area contributed by atoms with Gasteiger partial charge in [0.1, 0.15) is 18.0 Å². The van der Waals surface area contributed by atoms with Crippen molar-refractivity contribution in [3.8, 4) is 0 Å². The molecule has 1 aromatic heterocycles. The van der Waals surface area contributed by atoms with Crippen LogP contribution in [0.1, 0.15) is 26.2 Å². The van der Waals surface area contributed by atoms with E-state index in [0.717, 1.165) is 31.3 Å². The maximum atomic E-state index is 4.26. The van der Waals surface area contributed by atoms with E-state index in [0.29, 0.717) is 6.04 Å². The Morgan fingerprint density at radius 1 is 1.44 bits per heavy atom. The third-order valence-corrected chi connectivity index (χ3v) is 3.46. The molecule has 1 saturated heterocycles. The molecule has 5 heteroatoms. The molecule has 1 aliphatic heterocycles. The standard InChI is InChI=1S/C13H23N5/c1-3-18(2)13-8-12(16-10-17-13)15-9-11-6-4-5-7-14-11/h8,10-11,14H,3-7,9H2,1-2H3,(H,15,16,17). The average Bonchev–Trinajstić information content (AvgIpc) is 2.45. The summed E-state index contributed by atoms with van der Waals surface area (Å²) in [5.41, 5.74) is 0. The van der Waals surface area contributed by atoms with Crippen molar-refractivity contribution < 1.29 is 0 Å². The highest BCUT2D eigenvalue weighted by Gasteiger charge is 2.12. The summed E-state index contributed by atoms with van der Waals surface area (Å²) in [6.45, 7) is 5.13. The Hall–Kier alpha value is -1.36. The van der Waals surface area contributed by atoms with Crippen molar-refractivity contribution in [2.45, 2.75) is 32.2 Å². The Balaban J connectivity index is 1.88. The van der Waals surface area contributed by atoms with Crippen molar-refractivity contribution in [3.63, 3.8) is 0 Å². The van der Waals surface area contributed by atoms with Gasteiger partial charge in [-0.15, -0.1) is 0 Å². The number of nitrogens with zero attached hydrogens (tertiary/aromatic N) is 3. The van der Waals surface area contributed by atoms with Crippen molar-refractivity contribution >= 4 is 11.6 Å². The van der Waals surface area contributed by atoms with Crippen LogP contribution in [0.15, 0.2) is 12.4 Å². The lowest BCUT2D eigenvalue weighted by Gasteiger charge is -2.24. The van der Waals surface area contributed by atoms with Gasteiger partial charge < -0.3 is 15.5 Å². The Kier molecular flexibility index (Phi) is 4.75. The summed E-state index contributed by atoms with van der Waals surface area (Å²) in [4.78, 5) is 10.6. The van der Waals surface area contributed by atoms with E-state index >= 15 is 0 Å². The summed E-state index contributed by atoms with van der Waals surface area (Å²) >= 11 is 0. The molecular formula is C13H23N5. The first-order chi connectivity index (χ1) is 8.79. The second-order valence-corrected chi connectivity index (χ2v) is 4.80. The molecule has 1 aromatic rings. The second-order valence-electron chi connectivity index (χ2n) is 4.80. The molecule has 0 amide bonds. The number of nitrogens with one attached hydrogen (secondary N) is 2. The van der Waals surface area contributed by atoms with Gasteiger partial charge in [-0.2, -0.15) is 0 Å². The molecule has 1 unspecified atom stereocenters. The van der Waals surface area contributed by atoms with E-state index < -0.39 is 0 Å². The molecule has 1 aliphatic rings. The van der Waals surface area contributed by atoms with Crippen LogP contribution >= 0.6 is 0 Å². The topological polar surface area (TPSA) is 53.1 Å². The third kappa shape index (κ3) is 3.57. The zero-order valence-corrected chi connectivity index (χ0v) is 11.3. The molecule has 2 rings (SSSR count). The maximum absolute atomic E-state index is 4.26. The van der Waals surface area contributed by atoms with Crippen molar-refractivity contribution in [1.29, 1.82) is 0 Å².